The highest BCUT2D eigenvalue weighted by Crippen LogP contribution is 2.33. The lowest BCUT2D eigenvalue weighted by atomic mass is 9.95. The van der Waals surface area contributed by atoms with Crippen molar-refractivity contribution in [3.05, 3.63) is 130 Å². The minimum Gasteiger partial charge on any atom is -0.247 e. The first-order valence-corrected chi connectivity index (χ1v) is 10.2. The second-order valence-electron chi connectivity index (χ2n) is 7.69. The summed E-state index contributed by atoms with van der Waals surface area (Å²) >= 11 is 0. The molecule has 0 fully saturated rings. The first-order valence-electron chi connectivity index (χ1n) is 10.2. The van der Waals surface area contributed by atoms with E-state index in [0.717, 1.165) is 45.1 Å². The molecule has 0 amide bonds. The van der Waals surface area contributed by atoms with Gasteiger partial charge in [-0.15, -0.1) is 0 Å². The zero-order valence-electron chi connectivity index (χ0n) is 17.1. The number of aryl methyl sites for hydroxylation is 2. The Morgan fingerprint density at radius 3 is 1.20 bits per heavy atom. The summed E-state index contributed by atoms with van der Waals surface area (Å²) < 4.78 is 0. The van der Waals surface area contributed by atoms with Crippen LogP contribution in [0.2, 0.25) is 0 Å². The molecule has 0 unspecified atom stereocenters. The maximum atomic E-state index is 5.17. The van der Waals surface area contributed by atoms with E-state index in [4.69, 9.17) is 9.98 Å². The fourth-order valence-corrected chi connectivity index (χ4v) is 3.77. The predicted molar refractivity (Wildman–Crippen MR) is 126 cm³/mol. The molecular weight excluding hydrogens is 364 g/mol. The van der Waals surface area contributed by atoms with Gasteiger partial charge in [0.25, 0.3) is 0 Å². The average molecular weight is 386 g/mol. The standard InChI is InChI=1S/C28H22N2/c1-19-11-15-21(16-12-19)27-23-7-3-5-9-25(23)30-28(22-17-13-20(2)14-18-22)24-8-4-6-10-26(24)29-27/h3-18H,1-2H3/b27-23?,28-24?,29-26?,29-27-,30-25?,30-28-. The second-order valence-corrected chi connectivity index (χ2v) is 7.69. The third kappa shape index (κ3) is 3.37. The molecule has 2 nitrogen and oxygen atoms in total. The number of hydrogen-bond donors (Lipinski definition) is 0. The van der Waals surface area contributed by atoms with Crippen molar-refractivity contribution in [1.82, 2.24) is 0 Å². The van der Waals surface area contributed by atoms with Gasteiger partial charge in [0.2, 0.25) is 0 Å². The molecule has 4 aromatic carbocycles. The lowest BCUT2D eigenvalue weighted by molar-refractivity contribution is 1.38. The van der Waals surface area contributed by atoms with Gasteiger partial charge in [-0.3, -0.25) is 0 Å². The summed E-state index contributed by atoms with van der Waals surface area (Å²) in [5, 5.41) is 0. The van der Waals surface area contributed by atoms with Crippen LogP contribution in [-0.2, 0) is 0 Å². The Balaban J connectivity index is 1.79. The van der Waals surface area contributed by atoms with Gasteiger partial charge in [-0.1, -0.05) is 96.1 Å². The van der Waals surface area contributed by atoms with Gasteiger partial charge in [-0.05, 0) is 26.0 Å². The summed E-state index contributed by atoms with van der Waals surface area (Å²) in [5.41, 5.74) is 10.5. The molecule has 0 N–H and O–H groups in total. The van der Waals surface area contributed by atoms with Crippen molar-refractivity contribution in [2.24, 2.45) is 9.98 Å². The Kier molecular flexibility index (Phi) is 4.61. The first kappa shape index (κ1) is 18.3. The quantitative estimate of drug-likeness (QED) is 0.313. The van der Waals surface area contributed by atoms with E-state index in [1.54, 1.807) is 0 Å². The van der Waals surface area contributed by atoms with Crippen molar-refractivity contribution in [2.75, 3.05) is 0 Å². The van der Waals surface area contributed by atoms with Crippen LogP contribution in [0.5, 0.6) is 0 Å². The van der Waals surface area contributed by atoms with E-state index >= 15 is 0 Å². The molecule has 1 aliphatic heterocycles. The maximum Gasteiger partial charge on any atom is 0.0803 e. The van der Waals surface area contributed by atoms with Gasteiger partial charge in [0.15, 0.2) is 0 Å². The number of aliphatic imine (C=N–C) groups is 2. The Hall–Kier alpha value is -3.78. The normalized spacial score (nSPS) is 16.2. The molecule has 0 spiro atoms. The maximum absolute atomic E-state index is 5.17. The van der Waals surface area contributed by atoms with Gasteiger partial charge in [0.1, 0.15) is 0 Å². The van der Waals surface area contributed by atoms with E-state index < -0.39 is 0 Å². The van der Waals surface area contributed by atoms with E-state index in [0.29, 0.717) is 0 Å². The third-order valence-electron chi connectivity index (χ3n) is 5.43. The monoisotopic (exact) mass is 386 g/mol. The zero-order valence-corrected chi connectivity index (χ0v) is 17.1. The van der Waals surface area contributed by atoms with E-state index in [1.807, 2.05) is 12.1 Å². The molecule has 0 radical (unpaired) electrons. The molecule has 0 atom stereocenters. The third-order valence-corrected chi connectivity index (χ3v) is 5.43. The van der Waals surface area contributed by atoms with Crippen molar-refractivity contribution in [1.29, 1.82) is 0 Å². The average Bonchev–Trinajstić information content (AvgIpc) is 2.77. The van der Waals surface area contributed by atoms with Crippen molar-refractivity contribution < 1.29 is 0 Å². The number of para-hydroxylation sites is 2. The topological polar surface area (TPSA) is 24.7 Å². The van der Waals surface area contributed by atoms with Crippen molar-refractivity contribution in [3.63, 3.8) is 0 Å². The number of hydrogen-bond acceptors (Lipinski definition) is 2. The highest BCUT2D eigenvalue weighted by molar-refractivity contribution is 6.22. The molecule has 5 rings (SSSR count). The van der Waals surface area contributed by atoms with Gasteiger partial charge in [0, 0.05) is 22.3 Å². The summed E-state index contributed by atoms with van der Waals surface area (Å²) in [5.74, 6) is 0. The zero-order chi connectivity index (χ0) is 20.5. The fourth-order valence-electron chi connectivity index (χ4n) is 3.77. The van der Waals surface area contributed by atoms with Crippen LogP contribution in [0.3, 0.4) is 0 Å². The summed E-state index contributed by atoms with van der Waals surface area (Å²) in [7, 11) is 0. The molecular formula is C28H22N2. The van der Waals surface area contributed by atoms with E-state index in [1.165, 1.54) is 11.1 Å². The molecule has 0 aliphatic carbocycles. The van der Waals surface area contributed by atoms with Gasteiger partial charge in [0.05, 0.1) is 22.8 Å². The van der Waals surface area contributed by atoms with Crippen molar-refractivity contribution in [2.45, 2.75) is 13.8 Å². The smallest absolute Gasteiger partial charge is 0.0803 e. The summed E-state index contributed by atoms with van der Waals surface area (Å²) in [6, 6.07) is 33.6. The van der Waals surface area contributed by atoms with Crippen LogP contribution in [0, 0.1) is 13.8 Å². The predicted octanol–water partition coefficient (Wildman–Crippen LogP) is 6.96. The lowest BCUT2D eigenvalue weighted by Crippen LogP contribution is -2.10. The van der Waals surface area contributed by atoms with Gasteiger partial charge >= 0.3 is 0 Å². The first-order chi connectivity index (χ1) is 14.7. The Bertz CT molecular complexity index is 1170. The van der Waals surface area contributed by atoms with Crippen LogP contribution >= 0.6 is 0 Å². The van der Waals surface area contributed by atoms with Crippen LogP contribution < -0.4 is 0 Å². The minimum atomic E-state index is 0.932. The largest absolute Gasteiger partial charge is 0.247 e. The molecule has 0 bridgehead atoms. The summed E-state index contributed by atoms with van der Waals surface area (Å²) in [6.07, 6.45) is 0. The van der Waals surface area contributed by atoms with Crippen LogP contribution in [0.1, 0.15) is 33.4 Å². The van der Waals surface area contributed by atoms with Crippen molar-refractivity contribution >= 4 is 22.8 Å². The van der Waals surface area contributed by atoms with Crippen LogP contribution in [0.25, 0.3) is 0 Å². The van der Waals surface area contributed by atoms with Gasteiger partial charge < -0.3 is 0 Å². The molecule has 30 heavy (non-hydrogen) atoms. The molecule has 1 heterocycles. The fraction of sp³-hybridized carbons (Fsp3) is 0.0714. The number of fused-ring (bicyclic) bond motifs is 2. The highest BCUT2D eigenvalue weighted by Gasteiger charge is 2.19. The molecule has 1 aliphatic rings. The SMILES string of the molecule is Cc1ccc(/C2=N/c3ccccc3/C(c3ccc(C)cc3)=N\c3ccccc32)cc1. The molecule has 0 saturated carbocycles. The second kappa shape index (κ2) is 7.57. The number of benzene rings is 4. The highest BCUT2D eigenvalue weighted by atomic mass is 14.8. The molecule has 144 valence electrons. The minimum absolute atomic E-state index is 0.932. The molecule has 0 saturated heterocycles. The summed E-state index contributed by atoms with van der Waals surface area (Å²) in [4.78, 5) is 10.3. The van der Waals surface area contributed by atoms with Gasteiger partial charge in [-0.2, -0.15) is 0 Å². The molecule has 4 aromatic rings. The molecule has 2 heteroatoms. The Labute approximate surface area is 177 Å². The van der Waals surface area contributed by atoms with E-state index in [9.17, 15) is 0 Å². The van der Waals surface area contributed by atoms with Gasteiger partial charge in [-0.25, -0.2) is 9.98 Å². The Morgan fingerprint density at radius 1 is 0.433 bits per heavy atom. The van der Waals surface area contributed by atoms with Crippen LogP contribution in [0.15, 0.2) is 107 Å². The number of nitrogens with zero attached hydrogens (tertiary/aromatic N) is 2. The lowest BCUT2D eigenvalue weighted by Gasteiger charge is -2.18. The van der Waals surface area contributed by atoms with Crippen LogP contribution in [-0.4, -0.2) is 11.4 Å². The van der Waals surface area contributed by atoms with E-state index in [-0.39, 0.29) is 0 Å². The van der Waals surface area contributed by atoms with E-state index in [2.05, 4.69) is 98.8 Å². The Morgan fingerprint density at radius 2 is 0.800 bits per heavy atom. The summed E-state index contributed by atoms with van der Waals surface area (Å²) in [6.45, 7) is 4.20. The van der Waals surface area contributed by atoms with Crippen molar-refractivity contribution in [3.8, 4) is 0 Å². The molecule has 0 aromatic heterocycles. The number of rotatable bonds is 2. The van der Waals surface area contributed by atoms with Crippen LogP contribution in [0.4, 0.5) is 11.4 Å².